The lowest BCUT2D eigenvalue weighted by atomic mass is 10.0. The van der Waals surface area contributed by atoms with Crippen molar-refractivity contribution in [2.45, 2.75) is 26.3 Å². The number of methoxy groups -OCH3 is 2. The van der Waals surface area contributed by atoms with E-state index in [0.29, 0.717) is 16.6 Å². The van der Waals surface area contributed by atoms with Crippen molar-refractivity contribution in [2.75, 3.05) is 19.5 Å². The highest BCUT2D eigenvalue weighted by Gasteiger charge is 2.14. The quantitative estimate of drug-likeness (QED) is 0.776. The Morgan fingerprint density at radius 3 is 2.50 bits per heavy atom. The van der Waals surface area contributed by atoms with Crippen molar-refractivity contribution in [3.8, 4) is 11.5 Å². The standard InChI is InChI=1S/C18H23N3O2S/c1-5-14(13-7-8-15(22-3)16(10-13)23-4)20-18(24)21-17-9-6-12(2)11-19-17/h6-11,14H,5H2,1-4H3,(H2,19,20,21,24)/t14-/m1/s1. The molecule has 24 heavy (non-hydrogen) atoms. The first-order chi connectivity index (χ1) is 11.6. The minimum Gasteiger partial charge on any atom is -0.493 e. The molecule has 0 spiro atoms. The maximum Gasteiger partial charge on any atom is 0.172 e. The van der Waals surface area contributed by atoms with Gasteiger partial charge in [-0.3, -0.25) is 0 Å². The monoisotopic (exact) mass is 345 g/mol. The molecule has 0 aliphatic heterocycles. The zero-order valence-corrected chi connectivity index (χ0v) is 15.2. The fourth-order valence-corrected chi connectivity index (χ4v) is 2.59. The smallest absolute Gasteiger partial charge is 0.172 e. The second-order valence-electron chi connectivity index (χ2n) is 5.39. The lowest BCUT2D eigenvalue weighted by Gasteiger charge is -2.21. The Morgan fingerprint density at radius 1 is 1.17 bits per heavy atom. The van der Waals surface area contributed by atoms with Gasteiger partial charge in [0.2, 0.25) is 0 Å². The number of nitrogens with zero attached hydrogens (tertiary/aromatic N) is 1. The number of rotatable bonds is 6. The van der Waals surface area contributed by atoms with Gasteiger partial charge in [-0.05, 0) is 54.9 Å². The fraction of sp³-hybridized carbons (Fsp3) is 0.333. The summed E-state index contributed by atoms with van der Waals surface area (Å²) in [6, 6.07) is 9.83. The summed E-state index contributed by atoms with van der Waals surface area (Å²) in [7, 11) is 3.26. The number of benzene rings is 1. The van der Waals surface area contributed by atoms with E-state index in [1.54, 1.807) is 20.4 Å². The SMILES string of the molecule is CC[C@@H](NC(=S)Nc1ccc(C)cn1)c1ccc(OC)c(OC)c1. The molecule has 0 fully saturated rings. The van der Waals surface area contributed by atoms with Crippen LogP contribution in [0.4, 0.5) is 5.82 Å². The van der Waals surface area contributed by atoms with Crippen LogP contribution < -0.4 is 20.1 Å². The Bertz CT molecular complexity index is 689. The van der Waals surface area contributed by atoms with Crippen LogP contribution in [0.1, 0.15) is 30.5 Å². The van der Waals surface area contributed by atoms with Crippen LogP contribution in [0.3, 0.4) is 0 Å². The largest absolute Gasteiger partial charge is 0.493 e. The van der Waals surface area contributed by atoms with Crippen molar-refractivity contribution in [2.24, 2.45) is 0 Å². The summed E-state index contributed by atoms with van der Waals surface area (Å²) in [5.41, 5.74) is 2.19. The lowest BCUT2D eigenvalue weighted by molar-refractivity contribution is 0.354. The van der Waals surface area contributed by atoms with Crippen LogP contribution in [0.25, 0.3) is 0 Å². The Labute approximate surface area is 148 Å². The van der Waals surface area contributed by atoms with Crippen LogP contribution in [-0.4, -0.2) is 24.3 Å². The van der Waals surface area contributed by atoms with E-state index < -0.39 is 0 Å². The molecule has 128 valence electrons. The first kappa shape index (κ1) is 18.0. The molecular formula is C18H23N3O2S. The summed E-state index contributed by atoms with van der Waals surface area (Å²) in [6.45, 7) is 4.10. The molecule has 2 rings (SSSR count). The summed E-state index contributed by atoms with van der Waals surface area (Å²) in [6.07, 6.45) is 2.68. The number of aryl methyl sites for hydroxylation is 1. The number of pyridine rings is 1. The van der Waals surface area contributed by atoms with Gasteiger partial charge >= 0.3 is 0 Å². The zero-order chi connectivity index (χ0) is 17.5. The van der Waals surface area contributed by atoms with E-state index >= 15 is 0 Å². The molecule has 0 bridgehead atoms. The summed E-state index contributed by atoms with van der Waals surface area (Å²) in [5.74, 6) is 2.13. The number of ether oxygens (including phenoxy) is 2. The van der Waals surface area contributed by atoms with E-state index in [-0.39, 0.29) is 6.04 Å². The first-order valence-corrected chi connectivity index (χ1v) is 8.20. The molecule has 0 amide bonds. The average molecular weight is 345 g/mol. The molecule has 6 heteroatoms. The molecule has 1 heterocycles. The number of nitrogens with one attached hydrogen (secondary N) is 2. The van der Waals surface area contributed by atoms with Crippen LogP contribution in [0.15, 0.2) is 36.5 Å². The van der Waals surface area contributed by atoms with Crippen molar-refractivity contribution in [1.29, 1.82) is 0 Å². The van der Waals surface area contributed by atoms with Crippen LogP contribution in [-0.2, 0) is 0 Å². The van der Waals surface area contributed by atoms with Crippen molar-refractivity contribution >= 4 is 23.1 Å². The number of hydrogen-bond donors (Lipinski definition) is 2. The topological polar surface area (TPSA) is 55.4 Å². The van der Waals surface area contributed by atoms with Gasteiger partial charge in [0.1, 0.15) is 5.82 Å². The molecule has 2 N–H and O–H groups in total. The highest BCUT2D eigenvalue weighted by molar-refractivity contribution is 7.80. The molecule has 0 radical (unpaired) electrons. The van der Waals surface area contributed by atoms with E-state index in [1.807, 2.05) is 37.3 Å². The van der Waals surface area contributed by atoms with Gasteiger partial charge in [-0.25, -0.2) is 4.98 Å². The van der Waals surface area contributed by atoms with Gasteiger partial charge in [0.25, 0.3) is 0 Å². The molecule has 2 aromatic rings. The van der Waals surface area contributed by atoms with Crippen LogP contribution >= 0.6 is 12.2 Å². The van der Waals surface area contributed by atoms with Crippen LogP contribution in [0.5, 0.6) is 11.5 Å². The molecule has 0 saturated carbocycles. The number of thiocarbonyl (C=S) groups is 1. The summed E-state index contributed by atoms with van der Waals surface area (Å²) in [4.78, 5) is 4.30. The highest BCUT2D eigenvalue weighted by atomic mass is 32.1. The molecule has 0 unspecified atom stereocenters. The van der Waals surface area contributed by atoms with Crippen molar-refractivity contribution in [3.05, 3.63) is 47.7 Å². The van der Waals surface area contributed by atoms with Crippen LogP contribution in [0, 0.1) is 6.92 Å². The van der Waals surface area contributed by atoms with Gasteiger partial charge in [0.15, 0.2) is 16.6 Å². The van der Waals surface area contributed by atoms with E-state index in [9.17, 15) is 0 Å². The molecule has 0 aliphatic rings. The van der Waals surface area contributed by atoms with Gasteiger partial charge in [-0.2, -0.15) is 0 Å². The first-order valence-electron chi connectivity index (χ1n) is 7.79. The fourth-order valence-electron chi connectivity index (χ4n) is 2.34. The third-order valence-corrected chi connectivity index (χ3v) is 3.90. The molecule has 5 nitrogen and oxygen atoms in total. The minimum absolute atomic E-state index is 0.0651. The van der Waals surface area contributed by atoms with Gasteiger partial charge in [0, 0.05) is 6.20 Å². The van der Waals surface area contributed by atoms with Gasteiger partial charge in [-0.15, -0.1) is 0 Å². The van der Waals surface area contributed by atoms with Gasteiger partial charge in [-0.1, -0.05) is 19.1 Å². The number of hydrogen-bond acceptors (Lipinski definition) is 4. The molecule has 1 atom stereocenters. The third kappa shape index (κ3) is 4.58. The number of anilines is 1. The van der Waals surface area contributed by atoms with Gasteiger partial charge in [0.05, 0.1) is 20.3 Å². The normalized spacial score (nSPS) is 11.5. The summed E-state index contributed by atoms with van der Waals surface area (Å²) >= 11 is 5.40. The Morgan fingerprint density at radius 2 is 1.92 bits per heavy atom. The Hall–Kier alpha value is -2.34. The lowest BCUT2D eigenvalue weighted by Crippen LogP contribution is -2.32. The van der Waals surface area contributed by atoms with E-state index in [4.69, 9.17) is 21.7 Å². The van der Waals surface area contributed by atoms with E-state index in [2.05, 4.69) is 22.5 Å². The van der Waals surface area contributed by atoms with Crippen LogP contribution in [0.2, 0.25) is 0 Å². The summed E-state index contributed by atoms with van der Waals surface area (Å²) in [5, 5.41) is 6.96. The van der Waals surface area contributed by atoms with Crippen molar-refractivity contribution < 1.29 is 9.47 Å². The molecule has 1 aromatic heterocycles. The Balaban J connectivity index is 2.08. The Kier molecular flexibility index (Phi) is 6.37. The second-order valence-corrected chi connectivity index (χ2v) is 5.80. The maximum atomic E-state index is 5.40. The predicted molar refractivity (Wildman–Crippen MR) is 101 cm³/mol. The maximum absolute atomic E-state index is 5.40. The average Bonchev–Trinajstić information content (AvgIpc) is 2.61. The van der Waals surface area contributed by atoms with Crippen molar-refractivity contribution in [1.82, 2.24) is 10.3 Å². The van der Waals surface area contributed by atoms with E-state index in [1.165, 1.54) is 0 Å². The zero-order valence-electron chi connectivity index (χ0n) is 14.4. The molecular weight excluding hydrogens is 322 g/mol. The minimum atomic E-state index is 0.0651. The van der Waals surface area contributed by atoms with E-state index in [0.717, 1.165) is 23.4 Å². The number of aromatic nitrogens is 1. The second kappa shape index (κ2) is 8.49. The third-order valence-electron chi connectivity index (χ3n) is 3.68. The molecule has 1 aromatic carbocycles. The highest BCUT2D eigenvalue weighted by Crippen LogP contribution is 2.30. The van der Waals surface area contributed by atoms with Crippen molar-refractivity contribution in [3.63, 3.8) is 0 Å². The molecule has 0 saturated heterocycles. The van der Waals surface area contributed by atoms with Gasteiger partial charge < -0.3 is 20.1 Å². The molecule has 0 aliphatic carbocycles. The summed E-state index contributed by atoms with van der Waals surface area (Å²) < 4.78 is 10.7. The predicted octanol–water partition coefficient (Wildman–Crippen LogP) is 3.84.